The second-order valence-corrected chi connectivity index (χ2v) is 5.02. The second-order valence-electron chi connectivity index (χ2n) is 5.02. The summed E-state index contributed by atoms with van der Waals surface area (Å²) in [4.78, 5) is 11.2. The number of amides is 1. The molecule has 1 aliphatic rings. The van der Waals surface area contributed by atoms with Crippen LogP contribution >= 0.6 is 0 Å². The van der Waals surface area contributed by atoms with Crippen LogP contribution in [0, 0.1) is 0 Å². The van der Waals surface area contributed by atoms with Crippen LogP contribution in [-0.4, -0.2) is 36.7 Å². The van der Waals surface area contributed by atoms with Gasteiger partial charge in [0.05, 0.1) is 6.54 Å². The zero-order valence-corrected chi connectivity index (χ0v) is 9.77. The zero-order valence-electron chi connectivity index (χ0n) is 9.77. The molecule has 1 aliphatic heterocycles. The summed E-state index contributed by atoms with van der Waals surface area (Å²) in [5.41, 5.74) is -0.572. The van der Waals surface area contributed by atoms with E-state index in [0.29, 0.717) is 0 Å². The van der Waals surface area contributed by atoms with Crippen molar-refractivity contribution in [3.8, 4) is 0 Å². The first-order valence-electron chi connectivity index (χ1n) is 5.26. The van der Waals surface area contributed by atoms with Crippen molar-refractivity contribution in [1.29, 1.82) is 0 Å². The van der Waals surface area contributed by atoms with E-state index >= 15 is 0 Å². The third kappa shape index (κ3) is 4.74. The maximum absolute atomic E-state index is 12.8. The van der Waals surface area contributed by atoms with Crippen molar-refractivity contribution >= 4 is 6.09 Å². The number of halogens is 2. The number of ether oxygens (including phenoxy) is 1. The topological polar surface area (TPSA) is 50.4 Å². The molecule has 0 bridgehead atoms. The molecular weight excluding hydrogens is 218 g/mol. The SMILES string of the molecule is CC(C)(C)OC(=O)NC[C@@H]1CC(F)(F)CN1. The molecule has 0 aromatic rings. The monoisotopic (exact) mass is 236 g/mol. The van der Waals surface area contributed by atoms with E-state index in [2.05, 4.69) is 10.6 Å². The van der Waals surface area contributed by atoms with Crippen molar-refractivity contribution in [2.24, 2.45) is 0 Å². The van der Waals surface area contributed by atoms with Gasteiger partial charge in [0.2, 0.25) is 0 Å². The van der Waals surface area contributed by atoms with Crippen molar-refractivity contribution < 1.29 is 18.3 Å². The summed E-state index contributed by atoms with van der Waals surface area (Å²) in [6, 6.07) is -0.387. The smallest absolute Gasteiger partial charge is 0.407 e. The first-order valence-corrected chi connectivity index (χ1v) is 5.26. The number of alkyl halides is 2. The van der Waals surface area contributed by atoms with Crippen molar-refractivity contribution in [3.63, 3.8) is 0 Å². The number of hydrogen-bond acceptors (Lipinski definition) is 3. The van der Waals surface area contributed by atoms with Gasteiger partial charge in [0, 0.05) is 19.0 Å². The quantitative estimate of drug-likeness (QED) is 0.764. The Morgan fingerprint density at radius 2 is 2.19 bits per heavy atom. The molecule has 2 N–H and O–H groups in total. The molecule has 0 saturated carbocycles. The van der Waals surface area contributed by atoms with Gasteiger partial charge >= 0.3 is 6.09 Å². The van der Waals surface area contributed by atoms with E-state index in [9.17, 15) is 13.6 Å². The first-order chi connectivity index (χ1) is 7.18. The van der Waals surface area contributed by atoms with Crippen LogP contribution in [0.15, 0.2) is 0 Å². The standard InChI is InChI=1S/C10H18F2N2O2/c1-9(2,3)16-8(15)13-5-7-4-10(11,12)6-14-7/h7,14H,4-6H2,1-3H3,(H,13,15)/t7-/m0/s1. The summed E-state index contributed by atoms with van der Waals surface area (Å²) in [6.07, 6.45) is -0.826. The molecule has 16 heavy (non-hydrogen) atoms. The van der Waals surface area contributed by atoms with Crippen LogP contribution in [0.25, 0.3) is 0 Å². The second kappa shape index (κ2) is 4.53. The van der Waals surface area contributed by atoms with Gasteiger partial charge in [0.25, 0.3) is 5.92 Å². The molecule has 1 heterocycles. The van der Waals surface area contributed by atoms with Crippen molar-refractivity contribution in [2.45, 2.75) is 44.8 Å². The molecule has 94 valence electrons. The van der Waals surface area contributed by atoms with Gasteiger partial charge < -0.3 is 15.4 Å². The summed E-state index contributed by atoms with van der Waals surface area (Å²) >= 11 is 0. The highest BCUT2D eigenvalue weighted by Crippen LogP contribution is 2.24. The molecule has 6 heteroatoms. The fourth-order valence-corrected chi connectivity index (χ4v) is 1.46. The predicted octanol–water partition coefficient (Wildman–Crippen LogP) is 1.51. The highest BCUT2D eigenvalue weighted by Gasteiger charge is 2.39. The number of carbonyl (C=O) groups excluding carboxylic acids is 1. The molecule has 0 aromatic carbocycles. The Morgan fingerprint density at radius 3 is 2.62 bits per heavy atom. The molecule has 0 spiro atoms. The minimum atomic E-state index is -2.67. The fraction of sp³-hybridized carbons (Fsp3) is 0.900. The van der Waals surface area contributed by atoms with E-state index in [1.165, 1.54) is 0 Å². The molecular formula is C10H18F2N2O2. The van der Waals surface area contributed by atoms with Gasteiger partial charge in [-0.3, -0.25) is 0 Å². The third-order valence-corrected chi connectivity index (χ3v) is 2.09. The highest BCUT2D eigenvalue weighted by atomic mass is 19.3. The van der Waals surface area contributed by atoms with Crippen LogP contribution < -0.4 is 10.6 Å². The normalized spacial score (nSPS) is 24.2. The van der Waals surface area contributed by atoms with Crippen LogP contribution in [0.3, 0.4) is 0 Å². The predicted molar refractivity (Wildman–Crippen MR) is 55.6 cm³/mol. The van der Waals surface area contributed by atoms with Gasteiger partial charge in [-0.15, -0.1) is 0 Å². The van der Waals surface area contributed by atoms with E-state index in [-0.39, 0.29) is 25.6 Å². The molecule has 1 rings (SSSR count). The average Bonchev–Trinajstić information content (AvgIpc) is 2.39. The Kier molecular flexibility index (Phi) is 3.72. The molecule has 1 amide bonds. The minimum absolute atomic E-state index is 0.157. The average molecular weight is 236 g/mol. The van der Waals surface area contributed by atoms with Crippen molar-refractivity contribution in [3.05, 3.63) is 0 Å². The van der Waals surface area contributed by atoms with Crippen LogP contribution in [-0.2, 0) is 4.74 Å². The maximum atomic E-state index is 12.8. The summed E-state index contributed by atoms with van der Waals surface area (Å²) in [5.74, 6) is -2.67. The van der Waals surface area contributed by atoms with E-state index in [0.717, 1.165) is 0 Å². The molecule has 1 fully saturated rings. The molecule has 4 nitrogen and oxygen atoms in total. The summed E-state index contributed by atoms with van der Waals surface area (Å²) < 4.78 is 30.6. The van der Waals surface area contributed by atoms with Crippen LogP contribution in [0.4, 0.5) is 13.6 Å². The summed E-state index contributed by atoms with van der Waals surface area (Å²) in [6.45, 7) is 5.07. The number of alkyl carbamates (subject to hydrolysis) is 1. The minimum Gasteiger partial charge on any atom is -0.444 e. The van der Waals surface area contributed by atoms with E-state index in [4.69, 9.17) is 4.74 Å². The Hall–Kier alpha value is -0.910. The lowest BCUT2D eigenvalue weighted by Crippen LogP contribution is -2.39. The van der Waals surface area contributed by atoms with E-state index in [1.807, 2.05) is 0 Å². The van der Waals surface area contributed by atoms with Gasteiger partial charge in [-0.05, 0) is 20.8 Å². The van der Waals surface area contributed by atoms with Crippen LogP contribution in [0.1, 0.15) is 27.2 Å². The van der Waals surface area contributed by atoms with Crippen molar-refractivity contribution in [2.75, 3.05) is 13.1 Å². The highest BCUT2D eigenvalue weighted by molar-refractivity contribution is 5.67. The number of nitrogens with one attached hydrogen (secondary N) is 2. The number of carbonyl (C=O) groups is 1. The van der Waals surface area contributed by atoms with Gasteiger partial charge in [-0.25, -0.2) is 13.6 Å². The summed E-state index contributed by atoms with van der Waals surface area (Å²) in [7, 11) is 0. The fourth-order valence-electron chi connectivity index (χ4n) is 1.46. The number of rotatable bonds is 2. The lowest BCUT2D eigenvalue weighted by atomic mass is 10.2. The zero-order chi connectivity index (χ0) is 12.4. The summed E-state index contributed by atoms with van der Waals surface area (Å²) in [5, 5.41) is 5.11. The first kappa shape index (κ1) is 13.2. The molecule has 0 aliphatic carbocycles. The lowest BCUT2D eigenvalue weighted by Gasteiger charge is -2.20. The van der Waals surface area contributed by atoms with Gasteiger partial charge in [0.15, 0.2) is 0 Å². The maximum Gasteiger partial charge on any atom is 0.407 e. The van der Waals surface area contributed by atoms with E-state index in [1.54, 1.807) is 20.8 Å². The Labute approximate surface area is 93.7 Å². The Balaban J connectivity index is 2.23. The molecule has 1 atom stereocenters. The van der Waals surface area contributed by atoms with Crippen LogP contribution in [0.5, 0.6) is 0 Å². The third-order valence-electron chi connectivity index (χ3n) is 2.09. The van der Waals surface area contributed by atoms with Gasteiger partial charge in [0.1, 0.15) is 5.60 Å². The van der Waals surface area contributed by atoms with Gasteiger partial charge in [-0.1, -0.05) is 0 Å². The van der Waals surface area contributed by atoms with Crippen molar-refractivity contribution in [1.82, 2.24) is 10.6 Å². The molecule has 0 aromatic heterocycles. The van der Waals surface area contributed by atoms with E-state index < -0.39 is 17.6 Å². The Bertz CT molecular complexity index is 264. The van der Waals surface area contributed by atoms with Gasteiger partial charge in [-0.2, -0.15) is 0 Å². The largest absolute Gasteiger partial charge is 0.444 e. The number of hydrogen-bond donors (Lipinski definition) is 2. The Morgan fingerprint density at radius 1 is 1.56 bits per heavy atom. The van der Waals surface area contributed by atoms with Crippen LogP contribution in [0.2, 0.25) is 0 Å². The lowest BCUT2D eigenvalue weighted by molar-refractivity contribution is 0.0205. The molecule has 1 saturated heterocycles. The molecule has 0 radical (unpaired) electrons. The molecule has 0 unspecified atom stereocenters.